The van der Waals surface area contributed by atoms with Gasteiger partial charge < -0.3 is 5.73 Å². The van der Waals surface area contributed by atoms with Crippen LogP contribution in [0.4, 0.5) is 13.2 Å². The molecule has 2 heterocycles. The summed E-state index contributed by atoms with van der Waals surface area (Å²) in [5.41, 5.74) is 9.83. The Balaban J connectivity index is 1.65. The van der Waals surface area contributed by atoms with E-state index in [4.69, 9.17) is 5.73 Å². The second kappa shape index (κ2) is 7.50. The lowest BCUT2D eigenvalue weighted by atomic mass is 10.0. The predicted molar refractivity (Wildman–Crippen MR) is 103 cm³/mol. The fourth-order valence-electron chi connectivity index (χ4n) is 3.58. The number of pyridine rings is 1. The number of nitrogens with zero attached hydrogens (tertiary/aromatic N) is 3. The quantitative estimate of drug-likeness (QED) is 0.639. The Labute approximate surface area is 165 Å². The second-order valence-electron chi connectivity index (χ2n) is 7.53. The van der Waals surface area contributed by atoms with E-state index in [-0.39, 0.29) is 11.5 Å². The van der Waals surface area contributed by atoms with Crippen LogP contribution in [0.2, 0.25) is 0 Å². The minimum absolute atomic E-state index is 0.229. The van der Waals surface area contributed by atoms with Crippen molar-refractivity contribution < 1.29 is 18.0 Å². The number of aromatic nitrogens is 3. The van der Waals surface area contributed by atoms with Crippen LogP contribution in [0.25, 0.3) is 22.3 Å². The van der Waals surface area contributed by atoms with Crippen molar-refractivity contribution in [2.75, 3.05) is 0 Å². The lowest BCUT2D eigenvalue weighted by molar-refractivity contribution is -0.127. The number of carbonyl (C=O) groups is 1. The molecule has 29 heavy (non-hydrogen) atoms. The number of aryl methyl sites for hydroxylation is 1. The molecule has 0 saturated heterocycles. The van der Waals surface area contributed by atoms with Gasteiger partial charge in [0.2, 0.25) is 5.91 Å². The van der Waals surface area contributed by atoms with E-state index in [1.165, 1.54) is 12.1 Å². The van der Waals surface area contributed by atoms with Gasteiger partial charge in [-0.25, -0.2) is 4.98 Å². The van der Waals surface area contributed by atoms with Gasteiger partial charge >= 0.3 is 6.18 Å². The van der Waals surface area contributed by atoms with Crippen LogP contribution in [0, 0.1) is 0 Å². The summed E-state index contributed by atoms with van der Waals surface area (Å²) in [6.45, 7) is 0.583. The number of primary amides is 1. The average molecular weight is 402 g/mol. The van der Waals surface area contributed by atoms with Gasteiger partial charge in [-0.3, -0.25) is 9.48 Å². The molecule has 1 aromatic carbocycles. The van der Waals surface area contributed by atoms with E-state index in [0.29, 0.717) is 25.3 Å². The molecule has 0 aliphatic heterocycles. The zero-order valence-electron chi connectivity index (χ0n) is 15.7. The molecule has 0 unspecified atom stereocenters. The van der Waals surface area contributed by atoms with Gasteiger partial charge in [-0.15, -0.1) is 0 Å². The molecule has 8 heteroatoms. The minimum atomic E-state index is -4.22. The van der Waals surface area contributed by atoms with Crippen LogP contribution in [0.3, 0.4) is 0 Å². The minimum Gasteiger partial charge on any atom is -0.370 e. The first-order chi connectivity index (χ1) is 13.8. The largest absolute Gasteiger partial charge is 0.393 e. The number of rotatable bonds is 7. The molecule has 2 N–H and O–H groups in total. The molecular formula is C21H21F3N4O. The first-order valence-corrected chi connectivity index (χ1v) is 9.61. The van der Waals surface area contributed by atoms with E-state index in [0.717, 1.165) is 40.7 Å². The first-order valence-electron chi connectivity index (χ1n) is 9.61. The standard InChI is InChI=1S/C21H21F3N4O/c22-21(23,24)11-13-3-5-15(6-4-13)17-10-16(14-7-8-14)20-18(27-17)12-26-28(20)9-1-2-19(25)29/h3-6,10,12,14H,1-2,7-9,11H2,(H2,25,29). The van der Waals surface area contributed by atoms with Crippen LogP contribution in [0.5, 0.6) is 0 Å². The van der Waals surface area contributed by atoms with E-state index >= 15 is 0 Å². The summed E-state index contributed by atoms with van der Waals surface area (Å²) >= 11 is 0. The second-order valence-corrected chi connectivity index (χ2v) is 7.53. The van der Waals surface area contributed by atoms with E-state index in [1.54, 1.807) is 18.3 Å². The van der Waals surface area contributed by atoms with Crippen molar-refractivity contribution in [1.29, 1.82) is 0 Å². The van der Waals surface area contributed by atoms with Crippen molar-refractivity contribution in [3.63, 3.8) is 0 Å². The Morgan fingerprint density at radius 1 is 1.21 bits per heavy atom. The highest BCUT2D eigenvalue weighted by atomic mass is 19.4. The maximum atomic E-state index is 12.6. The number of carbonyl (C=O) groups excluding carboxylic acids is 1. The van der Waals surface area contributed by atoms with Gasteiger partial charge in [0.05, 0.1) is 23.8 Å². The van der Waals surface area contributed by atoms with Crippen LogP contribution in [0.15, 0.2) is 36.5 Å². The zero-order valence-corrected chi connectivity index (χ0v) is 15.7. The van der Waals surface area contributed by atoms with E-state index in [9.17, 15) is 18.0 Å². The molecule has 152 valence electrons. The Hall–Kier alpha value is -2.90. The number of halogens is 3. The summed E-state index contributed by atoms with van der Waals surface area (Å²) in [6, 6.07) is 8.38. The highest BCUT2D eigenvalue weighted by Crippen LogP contribution is 2.44. The molecule has 3 aromatic rings. The fourth-order valence-corrected chi connectivity index (χ4v) is 3.58. The predicted octanol–water partition coefficient (Wildman–Crippen LogP) is 4.35. The normalized spacial score (nSPS) is 14.4. The van der Waals surface area contributed by atoms with E-state index < -0.39 is 12.6 Å². The third kappa shape index (κ3) is 4.58. The Morgan fingerprint density at radius 3 is 2.55 bits per heavy atom. The fraction of sp³-hybridized carbons (Fsp3) is 0.381. The number of alkyl halides is 3. The molecule has 4 rings (SSSR count). The van der Waals surface area contributed by atoms with E-state index in [1.807, 2.05) is 10.7 Å². The molecule has 2 aromatic heterocycles. The topological polar surface area (TPSA) is 73.8 Å². The van der Waals surface area contributed by atoms with Gasteiger partial charge in [0.15, 0.2) is 0 Å². The van der Waals surface area contributed by atoms with E-state index in [2.05, 4.69) is 10.1 Å². The van der Waals surface area contributed by atoms with Crippen LogP contribution in [0.1, 0.15) is 42.7 Å². The molecule has 0 bridgehead atoms. The summed E-state index contributed by atoms with van der Waals surface area (Å²) in [7, 11) is 0. The first kappa shape index (κ1) is 19.4. The number of benzene rings is 1. The summed E-state index contributed by atoms with van der Waals surface area (Å²) in [6.07, 6.45) is -0.362. The van der Waals surface area contributed by atoms with Gasteiger partial charge in [0, 0.05) is 18.5 Å². The maximum absolute atomic E-state index is 12.6. The summed E-state index contributed by atoms with van der Waals surface area (Å²) in [5, 5.41) is 4.43. The van der Waals surface area contributed by atoms with Crippen molar-refractivity contribution in [3.05, 3.63) is 47.7 Å². The zero-order chi connectivity index (χ0) is 20.6. The number of hydrogen-bond acceptors (Lipinski definition) is 3. The van der Waals surface area contributed by atoms with Crippen molar-refractivity contribution in [2.24, 2.45) is 5.73 Å². The van der Waals surface area contributed by atoms with Gasteiger partial charge in [-0.05, 0) is 42.4 Å². The molecule has 5 nitrogen and oxygen atoms in total. The summed E-state index contributed by atoms with van der Waals surface area (Å²) in [4.78, 5) is 15.7. The number of nitrogens with two attached hydrogens (primary N) is 1. The summed E-state index contributed by atoms with van der Waals surface area (Å²) in [5.74, 6) is 0.105. The van der Waals surface area contributed by atoms with Crippen LogP contribution >= 0.6 is 0 Å². The molecule has 0 spiro atoms. The SMILES string of the molecule is NC(=O)CCCn1ncc2nc(-c3ccc(CC(F)(F)F)cc3)cc(C3CC3)c21. The van der Waals surface area contributed by atoms with Crippen molar-refractivity contribution in [3.8, 4) is 11.3 Å². The molecule has 1 amide bonds. The maximum Gasteiger partial charge on any atom is 0.393 e. The molecule has 0 atom stereocenters. The number of hydrogen-bond donors (Lipinski definition) is 1. The number of fused-ring (bicyclic) bond motifs is 1. The molecule has 1 aliphatic carbocycles. The van der Waals surface area contributed by atoms with Gasteiger partial charge in [0.1, 0.15) is 5.52 Å². The summed E-state index contributed by atoms with van der Waals surface area (Å²) < 4.78 is 39.6. The smallest absolute Gasteiger partial charge is 0.370 e. The molecule has 1 aliphatic rings. The van der Waals surface area contributed by atoms with Gasteiger partial charge in [-0.2, -0.15) is 18.3 Å². The number of amides is 1. The molecule has 1 fully saturated rings. The third-order valence-corrected chi connectivity index (χ3v) is 5.09. The van der Waals surface area contributed by atoms with Gasteiger partial charge in [-0.1, -0.05) is 24.3 Å². The Kier molecular flexibility index (Phi) is 5.02. The molecular weight excluding hydrogens is 381 g/mol. The van der Waals surface area contributed by atoms with Crippen molar-refractivity contribution in [2.45, 2.75) is 50.7 Å². The monoisotopic (exact) mass is 402 g/mol. The van der Waals surface area contributed by atoms with Crippen LogP contribution in [-0.4, -0.2) is 26.8 Å². The molecule has 0 radical (unpaired) electrons. The van der Waals surface area contributed by atoms with Crippen LogP contribution in [-0.2, 0) is 17.8 Å². The van der Waals surface area contributed by atoms with Crippen molar-refractivity contribution in [1.82, 2.24) is 14.8 Å². The average Bonchev–Trinajstić information content (AvgIpc) is 3.41. The Bertz CT molecular complexity index is 1040. The van der Waals surface area contributed by atoms with Gasteiger partial charge in [0.25, 0.3) is 0 Å². The third-order valence-electron chi connectivity index (χ3n) is 5.09. The van der Waals surface area contributed by atoms with Crippen molar-refractivity contribution >= 4 is 16.9 Å². The molecule has 1 saturated carbocycles. The highest BCUT2D eigenvalue weighted by molar-refractivity contribution is 5.83. The van der Waals surface area contributed by atoms with Crippen LogP contribution < -0.4 is 5.73 Å². The Morgan fingerprint density at radius 2 is 1.93 bits per heavy atom. The lowest BCUT2D eigenvalue weighted by Gasteiger charge is -2.11. The highest BCUT2D eigenvalue weighted by Gasteiger charge is 2.29. The lowest BCUT2D eigenvalue weighted by Crippen LogP contribution is -2.12.